The topological polar surface area (TPSA) is 293 Å². The Labute approximate surface area is 231 Å². The maximum Gasteiger partial charge on any atom is 0.234 e. The van der Waals surface area contributed by atoms with Gasteiger partial charge in [-0.05, 0) is 19.9 Å². The van der Waals surface area contributed by atoms with E-state index in [0.29, 0.717) is 0 Å². The van der Waals surface area contributed by atoms with E-state index in [-0.39, 0.29) is 25.8 Å². The monoisotopic (exact) mass is 580 g/mol. The van der Waals surface area contributed by atoms with Gasteiger partial charge in [0.2, 0.25) is 5.91 Å². The maximum absolute atomic E-state index is 11.7. The van der Waals surface area contributed by atoms with Crippen molar-refractivity contribution < 1.29 is 54.0 Å². The fourth-order valence-corrected chi connectivity index (χ4v) is 5.82. The van der Waals surface area contributed by atoms with Crippen molar-refractivity contribution >= 4 is 5.91 Å². The van der Waals surface area contributed by atoms with Crippen molar-refractivity contribution in [3.05, 3.63) is 0 Å². The van der Waals surface area contributed by atoms with E-state index < -0.39 is 110 Å². The number of amides is 1. The highest BCUT2D eigenvalue weighted by Gasteiger charge is 2.53. The van der Waals surface area contributed by atoms with Gasteiger partial charge in [-0.15, -0.1) is 0 Å². The number of nitrogens with two attached hydrogens (primary N) is 4. The summed E-state index contributed by atoms with van der Waals surface area (Å²) < 4.78 is 29.7. The van der Waals surface area contributed by atoms with Crippen LogP contribution in [0.25, 0.3) is 0 Å². The second-order valence-electron chi connectivity index (χ2n) is 10.9. The van der Waals surface area contributed by atoms with Crippen LogP contribution in [0.5, 0.6) is 0 Å². The molecule has 4 fully saturated rings. The Morgan fingerprint density at radius 3 is 2.25 bits per heavy atom. The van der Waals surface area contributed by atoms with Gasteiger partial charge in [-0.2, -0.15) is 0 Å². The third-order valence-corrected chi connectivity index (χ3v) is 8.08. The van der Waals surface area contributed by atoms with E-state index in [4.69, 9.17) is 46.6 Å². The zero-order valence-electron chi connectivity index (χ0n) is 22.3. The zero-order valence-corrected chi connectivity index (χ0v) is 22.3. The molecular weight excluding hydrogens is 536 g/mol. The molecular formula is C23H44N6O11. The molecule has 0 aromatic carbocycles. The molecule has 1 aliphatic carbocycles. The molecule has 0 radical (unpaired) electrons. The van der Waals surface area contributed by atoms with Crippen molar-refractivity contribution in [2.24, 2.45) is 22.9 Å². The third kappa shape index (κ3) is 6.59. The summed E-state index contributed by atoms with van der Waals surface area (Å²) >= 11 is 0. The van der Waals surface area contributed by atoms with Crippen LogP contribution in [0.15, 0.2) is 0 Å². The third-order valence-electron chi connectivity index (χ3n) is 8.08. The number of aliphatic hydroxyl groups is 5. The number of rotatable bonds is 8. The highest BCUT2D eigenvalue weighted by atomic mass is 16.8. The van der Waals surface area contributed by atoms with E-state index in [0.717, 1.165) is 0 Å². The number of likely N-dealkylation sites (N-methyl/N-ethyl adjacent to an activating group) is 1. The molecule has 40 heavy (non-hydrogen) atoms. The van der Waals surface area contributed by atoms with Crippen LogP contribution < -0.4 is 33.6 Å². The summed E-state index contributed by atoms with van der Waals surface area (Å²) in [5.74, 6) is -0.464. The standard InChI is InChI=1S/C23H44N6O11/c1-28-15-17(34)20-12(3-9(27)21(39-20)38-19-8(26)2-7(25)16(33)18(19)35)36-23(15)40-22-11(31)4-10(13(6-30)37-22)29-14(32)5-24/h7-13,15-23,28,30-31,33-35H,2-6,24-27H2,1H3,(H,29,32)/t7-,8?,9?,10+,11?,12+,13?,15?,16?,17?,18?,19-,20?,21+,22-,23?/m1/s1. The SMILES string of the molecule is CNC1C(O[C@H]2OC(CO)[C@@H](NC(=O)CN)CC2O)O[C@H]2CC(N)[C@@H](O[C@@H]3C(N)C[C@@H](N)C(O)C3O)OC2C1O. The van der Waals surface area contributed by atoms with Crippen LogP contribution in [-0.4, -0.2) is 150 Å². The molecule has 4 aliphatic rings. The molecule has 0 spiro atoms. The number of hydrogen-bond donors (Lipinski definition) is 11. The number of carbonyl (C=O) groups is 1. The predicted molar refractivity (Wildman–Crippen MR) is 135 cm³/mol. The molecule has 16 atom stereocenters. The lowest BCUT2D eigenvalue weighted by molar-refractivity contribution is -0.367. The van der Waals surface area contributed by atoms with Crippen LogP contribution in [-0.2, 0) is 28.5 Å². The average molecular weight is 581 g/mol. The molecule has 15 N–H and O–H groups in total. The first-order valence-electron chi connectivity index (χ1n) is 13.5. The molecule has 0 bridgehead atoms. The molecule has 17 heteroatoms. The lowest BCUT2D eigenvalue weighted by Crippen LogP contribution is -2.69. The highest BCUT2D eigenvalue weighted by molar-refractivity contribution is 5.78. The quantitative estimate of drug-likeness (QED) is 0.127. The Bertz CT molecular complexity index is 847. The number of nitrogens with one attached hydrogen (secondary N) is 2. The van der Waals surface area contributed by atoms with E-state index in [9.17, 15) is 30.3 Å². The van der Waals surface area contributed by atoms with Crippen molar-refractivity contribution in [2.75, 3.05) is 20.2 Å². The van der Waals surface area contributed by atoms with Crippen molar-refractivity contribution in [3.8, 4) is 0 Å². The Morgan fingerprint density at radius 1 is 0.875 bits per heavy atom. The average Bonchev–Trinajstić information content (AvgIpc) is 2.91. The molecule has 3 saturated heterocycles. The van der Waals surface area contributed by atoms with Gasteiger partial charge in [-0.25, -0.2) is 0 Å². The van der Waals surface area contributed by atoms with Gasteiger partial charge in [0.05, 0.1) is 43.5 Å². The van der Waals surface area contributed by atoms with Crippen molar-refractivity contribution in [1.29, 1.82) is 0 Å². The highest BCUT2D eigenvalue weighted by Crippen LogP contribution is 2.35. The predicted octanol–water partition coefficient (Wildman–Crippen LogP) is -6.80. The maximum atomic E-state index is 11.7. The van der Waals surface area contributed by atoms with Crippen molar-refractivity contribution in [2.45, 2.75) is 117 Å². The normalized spacial score (nSPS) is 49.8. The van der Waals surface area contributed by atoms with E-state index in [1.807, 2.05) is 0 Å². The molecule has 4 rings (SSSR count). The Hall–Kier alpha value is -1.13. The summed E-state index contributed by atoms with van der Waals surface area (Å²) in [6, 6.07) is -3.67. The number of fused-ring (bicyclic) bond motifs is 1. The van der Waals surface area contributed by atoms with E-state index in [2.05, 4.69) is 10.6 Å². The first-order valence-corrected chi connectivity index (χ1v) is 13.5. The van der Waals surface area contributed by atoms with Gasteiger partial charge in [-0.1, -0.05) is 0 Å². The number of ether oxygens (including phenoxy) is 5. The van der Waals surface area contributed by atoms with E-state index in [1.165, 1.54) is 0 Å². The molecule has 3 heterocycles. The summed E-state index contributed by atoms with van der Waals surface area (Å²) in [5.41, 5.74) is 23.6. The van der Waals surface area contributed by atoms with Crippen LogP contribution in [0.1, 0.15) is 19.3 Å². The summed E-state index contributed by atoms with van der Waals surface area (Å²) in [7, 11) is 1.57. The first kappa shape index (κ1) is 31.8. The van der Waals surface area contributed by atoms with Crippen LogP contribution in [0, 0.1) is 0 Å². The van der Waals surface area contributed by atoms with Crippen LogP contribution in [0.2, 0.25) is 0 Å². The molecule has 17 nitrogen and oxygen atoms in total. The van der Waals surface area contributed by atoms with Gasteiger partial charge in [0, 0.05) is 18.5 Å². The summed E-state index contributed by atoms with van der Waals surface area (Å²) in [5, 5.41) is 57.8. The van der Waals surface area contributed by atoms with Gasteiger partial charge < -0.3 is 82.8 Å². The van der Waals surface area contributed by atoms with Gasteiger partial charge >= 0.3 is 0 Å². The summed E-state index contributed by atoms with van der Waals surface area (Å²) in [4.78, 5) is 11.7. The smallest absolute Gasteiger partial charge is 0.234 e. The zero-order chi connectivity index (χ0) is 29.3. The minimum atomic E-state index is -1.35. The van der Waals surface area contributed by atoms with Gasteiger partial charge in [0.25, 0.3) is 0 Å². The number of carbonyl (C=O) groups excluding carboxylic acids is 1. The number of hydrogen-bond acceptors (Lipinski definition) is 16. The molecule has 3 aliphatic heterocycles. The second-order valence-corrected chi connectivity index (χ2v) is 10.9. The van der Waals surface area contributed by atoms with E-state index in [1.54, 1.807) is 7.05 Å². The Balaban J connectivity index is 1.40. The summed E-state index contributed by atoms with van der Waals surface area (Å²) in [6.07, 6.45) is -11.5. The largest absolute Gasteiger partial charge is 0.394 e. The molecule has 1 saturated carbocycles. The molecule has 10 unspecified atom stereocenters. The first-order chi connectivity index (χ1) is 19.0. The van der Waals surface area contributed by atoms with Gasteiger partial charge in [0.1, 0.15) is 36.6 Å². The van der Waals surface area contributed by atoms with Gasteiger partial charge in [0.15, 0.2) is 18.9 Å². The minimum Gasteiger partial charge on any atom is -0.394 e. The van der Waals surface area contributed by atoms with Crippen molar-refractivity contribution in [1.82, 2.24) is 10.6 Å². The fraction of sp³-hybridized carbons (Fsp3) is 0.957. The summed E-state index contributed by atoms with van der Waals surface area (Å²) in [6.45, 7) is -0.714. The fourth-order valence-electron chi connectivity index (χ4n) is 5.82. The van der Waals surface area contributed by atoms with Crippen LogP contribution in [0.3, 0.4) is 0 Å². The van der Waals surface area contributed by atoms with Gasteiger partial charge in [-0.3, -0.25) is 4.79 Å². The minimum absolute atomic E-state index is 0.0228. The van der Waals surface area contributed by atoms with Crippen molar-refractivity contribution in [3.63, 3.8) is 0 Å². The Kier molecular flexibility index (Phi) is 10.7. The lowest BCUT2D eigenvalue weighted by atomic mass is 9.84. The molecule has 1 amide bonds. The van der Waals surface area contributed by atoms with E-state index >= 15 is 0 Å². The van der Waals surface area contributed by atoms with Crippen LogP contribution in [0.4, 0.5) is 0 Å². The molecule has 232 valence electrons. The molecule has 0 aromatic rings. The molecule has 0 aromatic heterocycles. The Morgan fingerprint density at radius 2 is 1.60 bits per heavy atom. The van der Waals surface area contributed by atoms with Crippen LogP contribution >= 0.6 is 0 Å². The number of aliphatic hydroxyl groups excluding tert-OH is 5. The lowest BCUT2D eigenvalue weighted by Gasteiger charge is -2.51. The second kappa shape index (κ2) is 13.4.